The zero-order valence-electron chi connectivity index (χ0n) is 11.8. The highest BCUT2D eigenvalue weighted by atomic mass is 32.2. The summed E-state index contributed by atoms with van der Waals surface area (Å²) in [5, 5.41) is 25.5. The predicted octanol–water partition coefficient (Wildman–Crippen LogP) is 1.99. The Morgan fingerprint density at radius 3 is 2.95 bits per heavy atom. The molecule has 21 heavy (non-hydrogen) atoms. The average Bonchev–Trinajstić information content (AvgIpc) is 3.16. The van der Waals surface area contributed by atoms with Crippen LogP contribution in [0, 0.1) is 0 Å². The van der Waals surface area contributed by atoms with Crippen molar-refractivity contribution in [1.29, 1.82) is 0 Å². The molecule has 0 radical (unpaired) electrons. The third-order valence-electron chi connectivity index (χ3n) is 3.63. The molecule has 2 heterocycles. The summed E-state index contributed by atoms with van der Waals surface area (Å²) in [6.45, 7) is 1.16. The van der Waals surface area contributed by atoms with Crippen LogP contribution in [-0.4, -0.2) is 43.7 Å². The van der Waals surface area contributed by atoms with E-state index >= 15 is 0 Å². The van der Waals surface area contributed by atoms with Gasteiger partial charge in [0.1, 0.15) is 5.75 Å². The Morgan fingerprint density at radius 1 is 1.33 bits per heavy atom. The molecule has 7 heteroatoms. The van der Waals surface area contributed by atoms with Crippen LogP contribution in [0.25, 0.3) is 5.69 Å². The fourth-order valence-corrected chi connectivity index (χ4v) is 3.37. The molecule has 2 N–H and O–H groups in total. The molecule has 0 bridgehead atoms. The van der Waals surface area contributed by atoms with Crippen molar-refractivity contribution in [2.24, 2.45) is 0 Å². The largest absolute Gasteiger partial charge is 0.508 e. The highest BCUT2D eigenvalue weighted by Crippen LogP contribution is 2.21. The second-order valence-electron chi connectivity index (χ2n) is 5.17. The van der Waals surface area contributed by atoms with Gasteiger partial charge in [0, 0.05) is 11.8 Å². The van der Waals surface area contributed by atoms with Crippen molar-refractivity contribution in [3.63, 3.8) is 0 Å². The van der Waals surface area contributed by atoms with E-state index in [1.807, 2.05) is 0 Å². The molecular formula is C14H19N5OS. The summed E-state index contributed by atoms with van der Waals surface area (Å²) in [4.78, 5) is 0. The number of hydrogen-bond acceptors (Lipinski definition) is 6. The first-order chi connectivity index (χ1) is 10.3. The fraction of sp³-hybridized carbons (Fsp3) is 0.500. The van der Waals surface area contributed by atoms with E-state index in [2.05, 4.69) is 20.8 Å². The van der Waals surface area contributed by atoms with E-state index in [0.29, 0.717) is 6.04 Å². The van der Waals surface area contributed by atoms with Gasteiger partial charge < -0.3 is 10.4 Å². The minimum Gasteiger partial charge on any atom is -0.508 e. The quantitative estimate of drug-likeness (QED) is 0.628. The Hall–Kier alpha value is -1.60. The molecule has 1 aromatic heterocycles. The first-order valence-corrected chi connectivity index (χ1v) is 8.25. The van der Waals surface area contributed by atoms with Gasteiger partial charge in [-0.2, -0.15) is 4.68 Å². The van der Waals surface area contributed by atoms with Gasteiger partial charge in [0.15, 0.2) is 0 Å². The highest BCUT2D eigenvalue weighted by molar-refractivity contribution is 7.99. The average molecular weight is 305 g/mol. The number of thioether (sulfide) groups is 1. The number of nitrogens with one attached hydrogen (secondary N) is 1. The number of tetrazole rings is 1. The van der Waals surface area contributed by atoms with Gasteiger partial charge in [-0.25, -0.2) is 0 Å². The van der Waals surface area contributed by atoms with Crippen molar-refractivity contribution in [3.8, 4) is 11.4 Å². The molecule has 1 aromatic carbocycles. The topological polar surface area (TPSA) is 75.9 Å². The molecule has 0 amide bonds. The van der Waals surface area contributed by atoms with E-state index in [0.717, 1.165) is 29.6 Å². The molecule has 2 aromatic rings. The van der Waals surface area contributed by atoms with Gasteiger partial charge in [0.05, 0.1) is 5.69 Å². The van der Waals surface area contributed by atoms with E-state index in [1.54, 1.807) is 40.7 Å². The summed E-state index contributed by atoms with van der Waals surface area (Å²) in [6.07, 6.45) is 4.98. The van der Waals surface area contributed by atoms with Crippen molar-refractivity contribution in [2.45, 2.75) is 36.9 Å². The van der Waals surface area contributed by atoms with Gasteiger partial charge in [0.25, 0.3) is 0 Å². The van der Waals surface area contributed by atoms with Gasteiger partial charge >= 0.3 is 0 Å². The normalized spacial score (nSPS) is 18.2. The van der Waals surface area contributed by atoms with Gasteiger partial charge in [-0.1, -0.05) is 11.8 Å². The van der Waals surface area contributed by atoms with Crippen LogP contribution in [-0.2, 0) is 0 Å². The van der Waals surface area contributed by atoms with E-state index < -0.39 is 0 Å². The molecule has 1 aliphatic heterocycles. The van der Waals surface area contributed by atoms with Crippen LogP contribution in [0.5, 0.6) is 5.75 Å². The molecule has 0 spiro atoms. The van der Waals surface area contributed by atoms with Gasteiger partial charge in [-0.15, -0.1) is 5.10 Å². The van der Waals surface area contributed by atoms with Crippen molar-refractivity contribution >= 4 is 11.8 Å². The molecule has 1 aliphatic rings. The zero-order valence-corrected chi connectivity index (χ0v) is 12.6. The maximum Gasteiger partial charge on any atom is 0.214 e. The van der Waals surface area contributed by atoms with Gasteiger partial charge in [-0.05, 0) is 66.9 Å². The van der Waals surface area contributed by atoms with Crippen molar-refractivity contribution < 1.29 is 5.11 Å². The van der Waals surface area contributed by atoms with E-state index in [1.165, 1.54) is 19.3 Å². The van der Waals surface area contributed by atoms with Gasteiger partial charge in [0.2, 0.25) is 5.16 Å². The zero-order chi connectivity index (χ0) is 14.5. The first kappa shape index (κ1) is 14.3. The van der Waals surface area contributed by atoms with E-state index in [9.17, 15) is 5.11 Å². The summed E-state index contributed by atoms with van der Waals surface area (Å²) in [7, 11) is 0. The lowest BCUT2D eigenvalue weighted by molar-refractivity contribution is 0.475. The van der Waals surface area contributed by atoms with Crippen molar-refractivity contribution in [3.05, 3.63) is 24.3 Å². The molecule has 6 nitrogen and oxygen atoms in total. The number of benzene rings is 1. The second-order valence-corrected chi connectivity index (χ2v) is 6.24. The molecule has 0 aliphatic carbocycles. The summed E-state index contributed by atoms with van der Waals surface area (Å²) in [5.41, 5.74) is 0.859. The lowest BCUT2D eigenvalue weighted by Gasteiger charge is -2.09. The smallest absolute Gasteiger partial charge is 0.214 e. The molecular weight excluding hydrogens is 286 g/mol. The van der Waals surface area contributed by atoms with Crippen molar-refractivity contribution in [2.75, 3.05) is 12.3 Å². The highest BCUT2D eigenvalue weighted by Gasteiger charge is 2.14. The second kappa shape index (κ2) is 6.91. The Labute approximate surface area is 127 Å². The third kappa shape index (κ3) is 3.74. The molecule has 1 fully saturated rings. The Kier molecular flexibility index (Phi) is 4.72. The van der Waals surface area contributed by atoms with Crippen LogP contribution in [0.4, 0.5) is 0 Å². The Bertz CT molecular complexity index is 565. The molecule has 112 valence electrons. The number of phenols is 1. The Balaban J connectivity index is 1.54. The van der Waals surface area contributed by atoms with E-state index in [-0.39, 0.29) is 5.75 Å². The molecule has 3 rings (SSSR count). The summed E-state index contributed by atoms with van der Waals surface area (Å²) >= 11 is 1.67. The van der Waals surface area contributed by atoms with Gasteiger partial charge in [-0.3, -0.25) is 0 Å². The lowest BCUT2D eigenvalue weighted by Crippen LogP contribution is -2.21. The van der Waals surface area contributed by atoms with Crippen LogP contribution >= 0.6 is 11.8 Å². The van der Waals surface area contributed by atoms with Crippen molar-refractivity contribution in [1.82, 2.24) is 25.5 Å². The monoisotopic (exact) mass is 305 g/mol. The molecule has 1 atom stereocenters. The van der Waals surface area contributed by atoms with Crippen LogP contribution in [0.3, 0.4) is 0 Å². The van der Waals surface area contributed by atoms with Crippen LogP contribution in [0.2, 0.25) is 0 Å². The standard InChI is InChI=1S/C14H19N5OS/c20-13-7-5-12(6-8-13)19-14(16-17-18-19)21-10-2-4-11-3-1-9-15-11/h5-8,11,15,20H,1-4,9-10H2. The lowest BCUT2D eigenvalue weighted by atomic mass is 10.1. The number of aromatic hydroxyl groups is 1. The summed E-state index contributed by atoms with van der Waals surface area (Å²) < 4.78 is 1.71. The summed E-state index contributed by atoms with van der Waals surface area (Å²) in [6, 6.07) is 7.57. The number of phenolic OH excluding ortho intramolecular Hbond substituents is 1. The molecule has 1 saturated heterocycles. The number of nitrogens with zero attached hydrogens (tertiary/aromatic N) is 4. The number of rotatable bonds is 6. The van der Waals surface area contributed by atoms with Crippen LogP contribution in [0.15, 0.2) is 29.4 Å². The SMILES string of the molecule is Oc1ccc(-n2nnnc2SCCCC2CCCN2)cc1. The fourth-order valence-electron chi connectivity index (χ4n) is 2.52. The van der Waals surface area contributed by atoms with Crippen LogP contribution < -0.4 is 5.32 Å². The minimum atomic E-state index is 0.241. The molecule has 1 unspecified atom stereocenters. The van der Waals surface area contributed by atoms with E-state index in [4.69, 9.17) is 0 Å². The van der Waals surface area contributed by atoms with Crippen LogP contribution in [0.1, 0.15) is 25.7 Å². The number of aromatic nitrogens is 4. The third-order valence-corrected chi connectivity index (χ3v) is 4.63. The predicted molar refractivity (Wildman–Crippen MR) is 81.8 cm³/mol. The number of hydrogen-bond donors (Lipinski definition) is 2. The minimum absolute atomic E-state index is 0.241. The maximum atomic E-state index is 9.33. The molecule has 0 saturated carbocycles. The Morgan fingerprint density at radius 2 is 2.19 bits per heavy atom. The summed E-state index contributed by atoms with van der Waals surface area (Å²) in [5.74, 6) is 1.25. The maximum absolute atomic E-state index is 9.33. The first-order valence-electron chi connectivity index (χ1n) is 7.27.